The summed E-state index contributed by atoms with van der Waals surface area (Å²) in [4.78, 5) is 11.4. The lowest BCUT2D eigenvalue weighted by Gasteiger charge is -2.17. The molecule has 20 heavy (non-hydrogen) atoms. The number of hydrogen-bond acceptors (Lipinski definition) is 4. The topological polar surface area (TPSA) is 81.8 Å². The van der Waals surface area contributed by atoms with Crippen molar-refractivity contribution in [1.29, 1.82) is 0 Å². The van der Waals surface area contributed by atoms with Gasteiger partial charge in [-0.1, -0.05) is 25.6 Å². The van der Waals surface area contributed by atoms with Crippen molar-refractivity contribution in [2.24, 2.45) is 5.73 Å². The molecule has 0 heterocycles. The number of carboxylic acids is 1. The molecular weight excluding hydrogens is 278 g/mol. The molecule has 0 amide bonds. The molecule has 1 unspecified atom stereocenters. The number of thiocarbonyl (C=S) groups is 1. The quantitative estimate of drug-likeness (QED) is 0.717. The Balaban J connectivity index is 3.03. The summed E-state index contributed by atoms with van der Waals surface area (Å²) in [6, 6.07) is 4.97. The molecule has 0 fully saturated rings. The van der Waals surface area contributed by atoms with E-state index in [1.807, 2.05) is 13.8 Å². The van der Waals surface area contributed by atoms with Crippen LogP contribution in [0.4, 0.5) is 0 Å². The van der Waals surface area contributed by atoms with Crippen LogP contribution in [0.15, 0.2) is 18.2 Å². The molecule has 0 saturated heterocycles. The van der Waals surface area contributed by atoms with Crippen LogP contribution in [0.2, 0.25) is 0 Å². The fourth-order valence-corrected chi connectivity index (χ4v) is 1.80. The Morgan fingerprint density at radius 3 is 2.60 bits per heavy atom. The number of hydrogen-bond donors (Lipinski definition) is 2. The van der Waals surface area contributed by atoms with Gasteiger partial charge in [0.15, 0.2) is 17.6 Å². The van der Waals surface area contributed by atoms with Crippen LogP contribution in [0.1, 0.15) is 32.3 Å². The van der Waals surface area contributed by atoms with Gasteiger partial charge in [-0.05, 0) is 31.5 Å². The minimum Gasteiger partial charge on any atom is -0.490 e. The molecule has 3 N–H and O–H groups in total. The number of carboxylic acid groups (broad SMARTS) is 1. The van der Waals surface area contributed by atoms with E-state index in [2.05, 4.69) is 0 Å². The fraction of sp³-hybridized carbons (Fsp3) is 0.429. The first-order chi connectivity index (χ1) is 9.49. The van der Waals surface area contributed by atoms with Crippen molar-refractivity contribution in [3.05, 3.63) is 23.8 Å². The first-order valence-electron chi connectivity index (χ1n) is 6.45. The summed E-state index contributed by atoms with van der Waals surface area (Å²) in [6.07, 6.45) is 0.249. The van der Waals surface area contributed by atoms with E-state index in [-0.39, 0.29) is 4.99 Å². The Hall–Kier alpha value is -1.82. The maximum atomic E-state index is 11.1. The first-order valence-corrected chi connectivity index (χ1v) is 6.86. The van der Waals surface area contributed by atoms with Crippen molar-refractivity contribution < 1.29 is 19.4 Å². The molecule has 0 aromatic heterocycles. The highest BCUT2D eigenvalue weighted by molar-refractivity contribution is 7.80. The van der Waals surface area contributed by atoms with Crippen molar-refractivity contribution in [3.63, 3.8) is 0 Å². The molecule has 1 aromatic rings. The van der Waals surface area contributed by atoms with Gasteiger partial charge < -0.3 is 20.3 Å². The van der Waals surface area contributed by atoms with E-state index in [0.717, 1.165) is 0 Å². The van der Waals surface area contributed by atoms with Gasteiger partial charge in [-0.25, -0.2) is 4.79 Å². The van der Waals surface area contributed by atoms with Gasteiger partial charge in [-0.15, -0.1) is 0 Å². The molecule has 0 aliphatic heterocycles. The summed E-state index contributed by atoms with van der Waals surface area (Å²) in [5, 5.41) is 9.12. The summed E-state index contributed by atoms with van der Waals surface area (Å²) in [5.74, 6) is -0.166. The zero-order valence-corrected chi connectivity index (χ0v) is 12.4. The summed E-state index contributed by atoms with van der Waals surface area (Å²) < 4.78 is 11.0. The van der Waals surface area contributed by atoms with Gasteiger partial charge in [0.2, 0.25) is 0 Å². The first kappa shape index (κ1) is 16.2. The Labute approximate surface area is 123 Å². The van der Waals surface area contributed by atoms with Crippen LogP contribution in [0.5, 0.6) is 11.5 Å². The summed E-state index contributed by atoms with van der Waals surface area (Å²) in [5.41, 5.74) is 6.22. The number of aliphatic carboxylic acids is 1. The van der Waals surface area contributed by atoms with Crippen LogP contribution in [0.3, 0.4) is 0 Å². The molecule has 0 radical (unpaired) electrons. The van der Waals surface area contributed by atoms with Gasteiger partial charge in [-0.3, -0.25) is 0 Å². The van der Waals surface area contributed by atoms with Gasteiger partial charge >= 0.3 is 5.97 Å². The second kappa shape index (κ2) is 7.69. The van der Waals surface area contributed by atoms with Crippen LogP contribution in [0.25, 0.3) is 0 Å². The Bertz CT molecular complexity index is 490. The minimum atomic E-state index is -0.993. The zero-order valence-electron chi connectivity index (χ0n) is 11.6. The molecule has 0 spiro atoms. The molecule has 0 aliphatic rings. The standard InChI is InChI=1S/C14H19NO4S/c1-3-5-11(14(16)17)19-10-7-6-9(13(15)20)8-12(10)18-4-2/h6-8,11H,3-5H2,1-2H3,(H2,15,20)(H,16,17). The lowest BCUT2D eigenvalue weighted by atomic mass is 10.2. The lowest BCUT2D eigenvalue weighted by Crippen LogP contribution is -2.27. The van der Waals surface area contributed by atoms with E-state index in [4.69, 9.17) is 32.5 Å². The summed E-state index contributed by atoms with van der Waals surface area (Å²) in [7, 11) is 0. The Kier molecular flexibility index (Phi) is 6.24. The number of nitrogens with two attached hydrogens (primary N) is 1. The number of benzene rings is 1. The maximum Gasteiger partial charge on any atom is 0.344 e. The highest BCUT2D eigenvalue weighted by Crippen LogP contribution is 2.30. The van der Waals surface area contributed by atoms with E-state index in [9.17, 15) is 4.79 Å². The highest BCUT2D eigenvalue weighted by atomic mass is 32.1. The van der Waals surface area contributed by atoms with Crippen molar-refractivity contribution in [3.8, 4) is 11.5 Å². The SMILES string of the molecule is CCCC(Oc1ccc(C(N)=S)cc1OCC)C(=O)O. The van der Waals surface area contributed by atoms with Crippen LogP contribution in [-0.4, -0.2) is 28.8 Å². The summed E-state index contributed by atoms with van der Waals surface area (Å²) >= 11 is 4.91. The molecule has 110 valence electrons. The normalized spacial score (nSPS) is 11.7. The number of ether oxygens (including phenoxy) is 2. The van der Waals surface area contributed by atoms with E-state index < -0.39 is 12.1 Å². The predicted octanol–water partition coefficient (Wildman–Crippen LogP) is 2.35. The molecule has 1 rings (SSSR count). The zero-order chi connectivity index (χ0) is 15.1. The maximum absolute atomic E-state index is 11.1. The number of carbonyl (C=O) groups is 1. The lowest BCUT2D eigenvalue weighted by molar-refractivity contribution is -0.145. The van der Waals surface area contributed by atoms with Crippen LogP contribution in [-0.2, 0) is 4.79 Å². The van der Waals surface area contributed by atoms with Gasteiger partial charge in [0.1, 0.15) is 4.99 Å². The third kappa shape index (κ3) is 4.38. The third-order valence-electron chi connectivity index (χ3n) is 2.62. The van der Waals surface area contributed by atoms with Gasteiger partial charge in [-0.2, -0.15) is 0 Å². The molecule has 6 heteroatoms. The smallest absolute Gasteiger partial charge is 0.344 e. The average Bonchev–Trinajstić information content (AvgIpc) is 2.39. The molecule has 0 saturated carbocycles. The van der Waals surface area contributed by atoms with Crippen molar-refractivity contribution in [2.45, 2.75) is 32.8 Å². The molecule has 0 bridgehead atoms. The van der Waals surface area contributed by atoms with E-state index in [1.54, 1.807) is 18.2 Å². The van der Waals surface area contributed by atoms with Crippen molar-refractivity contribution >= 4 is 23.2 Å². The predicted molar refractivity (Wildman–Crippen MR) is 80.5 cm³/mol. The van der Waals surface area contributed by atoms with Crippen LogP contribution >= 0.6 is 12.2 Å². The van der Waals surface area contributed by atoms with Crippen molar-refractivity contribution in [1.82, 2.24) is 0 Å². The average molecular weight is 297 g/mol. The Morgan fingerprint density at radius 2 is 2.10 bits per heavy atom. The van der Waals surface area contributed by atoms with E-state index in [0.29, 0.717) is 36.5 Å². The summed E-state index contributed by atoms with van der Waals surface area (Å²) in [6.45, 7) is 4.17. The largest absolute Gasteiger partial charge is 0.490 e. The Morgan fingerprint density at radius 1 is 1.40 bits per heavy atom. The van der Waals surface area contributed by atoms with Gasteiger partial charge in [0.25, 0.3) is 0 Å². The van der Waals surface area contributed by atoms with Crippen LogP contribution in [0, 0.1) is 0 Å². The number of rotatable bonds is 8. The van der Waals surface area contributed by atoms with Crippen LogP contribution < -0.4 is 15.2 Å². The molecule has 0 aliphatic carbocycles. The second-order valence-corrected chi connectivity index (χ2v) is 4.63. The minimum absolute atomic E-state index is 0.251. The monoisotopic (exact) mass is 297 g/mol. The molecular formula is C14H19NO4S. The van der Waals surface area contributed by atoms with Crippen molar-refractivity contribution in [2.75, 3.05) is 6.61 Å². The highest BCUT2D eigenvalue weighted by Gasteiger charge is 2.20. The van der Waals surface area contributed by atoms with Gasteiger partial charge in [0.05, 0.1) is 6.61 Å². The third-order valence-corrected chi connectivity index (χ3v) is 2.86. The molecule has 5 nitrogen and oxygen atoms in total. The van der Waals surface area contributed by atoms with E-state index in [1.165, 1.54) is 0 Å². The fourth-order valence-electron chi connectivity index (χ4n) is 1.68. The van der Waals surface area contributed by atoms with Gasteiger partial charge in [0, 0.05) is 5.56 Å². The second-order valence-electron chi connectivity index (χ2n) is 4.19. The molecule has 1 atom stereocenters. The van der Waals surface area contributed by atoms with E-state index >= 15 is 0 Å². The molecule has 1 aromatic carbocycles.